The van der Waals surface area contributed by atoms with Gasteiger partial charge < -0.3 is 4.74 Å². The van der Waals surface area contributed by atoms with Crippen LogP contribution in [0.25, 0.3) is 6.08 Å². The molecule has 0 bridgehead atoms. The molecule has 1 aliphatic rings. The van der Waals surface area contributed by atoms with E-state index < -0.39 is 0 Å². The highest BCUT2D eigenvalue weighted by molar-refractivity contribution is 6.30. The summed E-state index contributed by atoms with van der Waals surface area (Å²) in [7, 11) is 0. The summed E-state index contributed by atoms with van der Waals surface area (Å²) in [6, 6.07) is 5.65. The number of fused-ring (bicyclic) bond motifs is 1. The molecule has 0 atom stereocenters. The lowest BCUT2D eigenvalue weighted by atomic mass is 10.1. The second-order valence-corrected chi connectivity index (χ2v) is 2.83. The molecule has 1 aromatic carbocycles. The molecule has 0 spiro atoms. The topological polar surface area (TPSA) is 9.23 Å². The second-order valence-electron chi connectivity index (χ2n) is 2.40. The van der Waals surface area contributed by atoms with Crippen LogP contribution >= 0.6 is 11.6 Å². The van der Waals surface area contributed by atoms with Crippen LogP contribution in [0, 0.1) is 0 Å². The highest BCUT2D eigenvalue weighted by Gasteiger charge is 2.04. The Labute approximate surface area is 70.2 Å². The van der Waals surface area contributed by atoms with Gasteiger partial charge in [-0.25, -0.2) is 0 Å². The Morgan fingerprint density at radius 3 is 3.18 bits per heavy atom. The number of benzene rings is 1. The molecule has 56 valence electrons. The van der Waals surface area contributed by atoms with Crippen molar-refractivity contribution in [2.75, 3.05) is 6.61 Å². The molecule has 0 N–H and O–H groups in total. The van der Waals surface area contributed by atoms with E-state index in [-0.39, 0.29) is 0 Å². The van der Waals surface area contributed by atoms with Gasteiger partial charge in [-0.1, -0.05) is 17.7 Å². The molecule has 0 radical (unpaired) electrons. The first-order valence-corrected chi connectivity index (χ1v) is 3.83. The minimum absolute atomic E-state index is 0.646. The highest BCUT2D eigenvalue weighted by Crippen LogP contribution is 2.26. The van der Waals surface area contributed by atoms with Crippen LogP contribution in [0.4, 0.5) is 0 Å². The van der Waals surface area contributed by atoms with E-state index in [0.717, 1.165) is 16.3 Å². The van der Waals surface area contributed by atoms with Crippen LogP contribution in [0.5, 0.6) is 5.75 Å². The van der Waals surface area contributed by atoms with Crippen LogP contribution in [-0.4, -0.2) is 6.61 Å². The van der Waals surface area contributed by atoms with Gasteiger partial charge in [-0.2, -0.15) is 0 Å². The van der Waals surface area contributed by atoms with Crippen LogP contribution in [-0.2, 0) is 0 Å². The molecule has 0 saturated carbocycles. The Balaban J connectivity index is 2.53. The summed E-state index contributed by atoms with van der Waals surface area (Å²) in [6.45, 7) is 0.646. The molecule has 2 heteroatoms. The van der Waals surface area contributed by atoms with E-state index in [2.05, 4.69) is 0 Å². The standard InChI is InChI=1S/C9H7ClO/c10-8-4-3-7-2-1-5-11-9(7)6-8/h1-4,6H,5H2. The molecular formula is C9H7ClO. The predicted molar refractivity (Wildman–Crippen MR) is 46.0 cm³/mol. The molecule has 0 aliphatic carbocycles. The molecule has 0 aromatic heterocycles. The van der Waals surface area contributed by atoms with Gasteiger partial charge in [0.1, 0.15) is 12.4 Å². The number of hydrogen-bond acceptors (Lipinski definition) is 1. The Kier molecular flexibility index (Phi) is 1.59. The minimum Gasteiger partial charge on any atom is -0.489 e. The Bertz CT molecular complexity index is 304. The first-order valence-electron chi connectivity index (χ1n) is 3.45. The molecule has 0 amide bonds. The molecule has 1 aliphatic heterocycles. The highest BCUT2D eigenvalue weighted by atomic mass is 35.5. The van der Waals surface area contributed by atoms with E-state index >= 15 is 0 Å². The maximum atomic E-state index is 5.77. The average molecular weight is 167 g/mol. The fourth-order valence-electron chi connectivity index (χ4n) is 1.08. The third kappa shape index (κ3) is 1.24. The van der Waals surface area contributed by atoms with Crippen LogP contribution in [0.3, 0.4) is 0 Å². The summed E-state index contributed by atoms with van der Waals surface area (Å²) < 4.78 is 5.33. The van der Waals surface area contributed by atoms with Crippen LogP contribution < -0.4 is 4.74 Å². The van der Waals surface area contributed by atoms with Gasteiger partial charge in [0.2, 0.25) is 0 Å². The summed E-state index contributed by atoms with van der Waals surface area (Å²) in [4.78, 5) is 0. The summed E-state index contributed by atoms with van der Waals surface area (Å²) >= 11 is 5.77. The van der Waals surface area contributed by atoms with E-state index in [1.165, 1.54) is 0 Å². The van der Waals surface area contributed by atoms with Crippen molar-refractivity contribution < 1.29 is 4.74 Å². The number of rotatable bonds is 0. The lowest BCUT2D eigenvalue weighted by Crippen LogP contribution is -1.99. The first kappa shape index (κ1) is 6.74. The number of hydrogen-bond donors (Lipinski definition) is 0. The smallest absolute Gasteiger partial charge is 0.128 e. The Morgan fingerprint density at radius 1 is 1.36 bits per heavy atom. The Morgan fingerprint density at radius 2 is 2.27 bits per heavy atom. The molecule has 1 aromatic rings. The minimum atomic E-state index is 0.646. The fraction of sp³-hybridized carbons (Fsp3) is 0.111. The number of ether oxygens (including phenoxy) is 1. The first-order chi connectivity index (χ1) is 5.36. The van der Waals surface area contributed by atoms with E-state index in [1.54, 1.807) is 0 Å². The zero-order valence-electron chi connectivity index (χ0n) is 5.88. The van der Waals surface area contributed by atoms with Gasteiger partial charge in [-0.15, -0.1) is 0 Å². The zero-order chi connectivity index (χ0) is 7.68. The van der Waals surface area contributed by atoms with Crippen molar-refractivity contribution in [3.05, 3.63) is 34.9 Å². The molecule has 0 unspecified atom stereocenters. The summed E-state index contributed by atoms with van der Waals surface area (Å²) in [6.07, 6.45) is 4.02. The van der Waals surface area contributed by atoms with Crippen molar-refractivity contribution in [1.29, 1.82) is 0 Å². The van der Waals surface area contributed by atoms with E-state index in [1.807, 2.05) is 30.4 Å². The predicted octanol–water partition coefficient (Wildman–Crippen LogP) is 2.75. The molecule has 0 fully saturated rings. The van der Waals surface area contributed by atoms with Crippen LogP contribution in [0.15, 0.2) is 24.3 Å². The lowest BCUT2D eigenvalue weighted by Gasteiger charge is -2.11. The van der Waals surface area contributed by atoms with Crippen molar-refractivity contribution in [1.82, 2.24) is 0 Å². The maximum Gasteiger partial charge on any atom is 0.128 e. The average Bonchev–Trinajstić information content (AvgIpc) is 2.04. The molecule has 1 heterocycles. The van der Waals surface area contributed by atoms with Crippen molar-refractivity contribution >= 4 is 17.7 Å². The normalized spacial score (nSPS) is 13.9. The summed E-state index contributed by atoms with van der Waals surface area (Å²) in [5.74, 6) is 0.875. The van der Waals surface area contributed by atoms with Gasteiger partial charge in [-0.05, 0) is 24.3 Å². The van der Waals surface area contributed by atoms with Crippen LogP contribution in [0.2, 0.25) is 5.02 Å². The maximum absolute atomic E-state index is 5.77. The molecule has 11 heavy (non-hydrogen) atoms. The fourth-order valence-corrected chi connectivity index (χ4v) is 1.25. The second kappa shape index (κ2) is 2.59. The van der Waals surface area contributed by atoms with Gasteiger partial charge in [0.05, 0.1) is 0 Å². The van der Waals surface area contributed by atoms with Gasteiger partial charge in [-0.3, -0.25) is 0 Å². The summed E-state index contributed by atoms with van der Waals surface area (Å²) in [5.41, 5.74) is 1.10. The monoisotopic (exact) mass is 166 g/mol. The quantitative estimate of drug-likeness (QED) is 0.576. The van der Waals surface area contributed by atoms with Gasteiger partial charge >= 0.3 is 0 Å². The van der Waals surface area contributed by atoms with Crippen molar-refractivity contribution in [3.63, 3.8) is 0 Å². The van der Waals surface area contributed by atoms with Crippen molar-refractivity contribution in [3.8, 4) is 5.75 Å². The van der Waals surface area contributed by atoms with Crippen molar-refractivity contribution in [2.45, 2.75) is 0 Å². The van der Waals surface area contributed by atoms with E-state index in [4.69, 9.17) is 16.3 Å². The van der Waals surface area contributed by atoms with Gasteiger partial charge in [0.15, 0.2) is 0 Å². The zero-order valence-corrected chi connectivity index (χ0v) is 6.64. The molecule has 1 nitrogen and oxygen atoms in total. The van der Waals surface area contributed by atoms with Gasteiger partial charge in [0.25, 0.3) is 0 Å². The largest absolute Gasteiger partial charge is 0.489 e. The molecule has 2 rings (SSSR count). The van der Waals surface area contributed by atoms with E-state index in [0.29, 0.717) is 6.61 Å². The Hall–Kier alpha value is -0.950. The summed E-state index contributed by atoms with van der Waals surface area (Å²) in [5, 5.41) is 0.721. The van der Waals surface area contributed by atoms with Crippen LogP contribution in [0.1, 0.15) is 5.56 Å². The van der Waals surface area contributed by atoms with Gasteiger partial charge in [0, 0.05) is 10.6 Å². The third-order valence-corrected chi connectivity index (χ3v) is 1.84. The number of halogens is 1. The van der Waals surface area contributed by atoms with E-state index in [9.17, 15) is 0 Å². The molecule has 0 saturated heterocycles. The lowest BCUT2D eigenvalue weighted by molar-refractivity contribution is 0.358. The third-order valence-electron chi connectivity index (χ3n) is 1.61. The SMILES string of the molecule is Clc1ccc2c(c1)OCC=C2. The van der Waals surface area contributed by atoms with Crippen molar-refractivity contribution in [2.24, 2.45) is 0 Å². The molecular weight excluding hydrogens is 160 g/mol.